The fourth-order valence-corrected chi connectivity index (χ4v) is 2.60. The molecule has 1 rings (SSSR count). The summed E-state index contributed by atoms with van der Waals surface area (Å²) in [6.07, 6.45) is 3.89. The summed E-state index contributed by atoms with van der Waals surface area (Å²) in [5.74, 6) is 1.16. The number of hydrogen-bond donors (Lipinski definition) is 0. The number of halogens is 1. The summed E-state index contributed by atoms with van der Waals surface area (Å²) in [4.78, 5) is 9.21. The van der Waals surface area contributed by atoms with E-state index in [-0.39, 0.29) is 24.0 Å². The molecule has 0 amide bonds. The van der Waals surface area contributed by atoms with Gasteiger partial charge in [0.1, 0.15) is 0 Å². The zero-order valence-corrected chi connectivity index (χ0v) is 14.3. The number of likely N-dealkylation sites (tertiary alicyclic amines) is 1. The molecule has 0 aliphatic carbocycles. The maximum absolute atomic E-state index is 4.61. The minimum atomic E-state index is 0. The van der Waals surface area contributed by atoms with Gasteiger partial charge in [0.05, 0.1) is 0 Å². The minimum absolute atomic E-state index is 0. The zero-order chi connectivity index (χ0) is 12.2. The van der Waals surface area contributed by atoms with E-state index in [1.54, 1.807) is 0 Å². The zero-order valence-electron chi connectivity index (χ0n) is 12.0. The number of rotatable bonds is 3. The summed E-state index contributed by atoms with van der Waals surface area (Å²) in [6.45, 7) is 9.95. The summed E-state index contributed by atoms with van der Waals surface area (Å²) in [6, 6.07) is 0. The Morgan fingerprint density at radius 3 is 2.18 bits per heavy atom. The van der Waals surface area contributed by atoms with E-state index in [0.29, 0.717) is 5.41 Å². The van der Waals surface area contributed by atoms with Crippen molar-refractivity contribution < 1.29 is 0 Å². The van der Waals surface area contributed by atoms with Crippen molar-refractivity contribution in [2.75, 3.05) is 33.7 Å². The van der Waals surface area contributed by atoms with Crippen molar-refractivity contribution in [3.05, 3.63) is 0 Å². The molecule has 0 radical (unpaired) electrons. The summed E-state index contributed by atoms with van der Waals surface area (Å²) in [7, 11) is 4.18. The highest BCUT2D eigenvalue weighted by Crippen LogP contribution is 2.37. The molecular formula is C13H28IN3. The van der Waals surface area contributed by atoms with Crippen molar-refractivity contribution in [3.63, 3.8) is 0 Å². The van der Waals surface area contributed by atoms with Crippen molar-refractivity contribution >= 4 is 29.9 Å². The van der Waals surface area contributed by atoms with Gasteiger partial charge in [0.15, 0.2) is 5.96 Å². The van der Waals surface area contributed by atoms with E-state index in [9.17, 15) is 0 Å². The second-order valence-electron chi connectivity index (χ2n) is 5.05. The van der Waals surface area contributed by atoms with Crippen LogP contribution in [-0.4, -0.2) is 49.5 Å². The van der Waals surface area contributed by atoms with Crippen LogP contribution in [-0.2, 0) is 0 Å². The molecule has 0 unspecified atom stereocenters. The van der Waals surface area contributed by atoms with E-state index >= 15 is 0 Å². The van der Waals surface area contributed by atoms with Gasteiger partial charge in [0, 0.05) is 33.7 Å². The Balaban J connectivity index is 0.00000256. The van der Waals surface area contributed by atoms with Gasteiger partial charge in [-0.1, -0.05) is 13.8 Å². The SMILES string of the molecule is CCN=C(N(C)C)N1CCC(CC)(CC)C1.I. The summed E-state index contributed by atoms with van der Waals surface area (Å²) >= 11 is 0. The van der Waals surface area contributed by atoms with Crippen LogP contribution in [0.3, 0.4) is 0 Å². The average Bonchev–Trinajstić information content (AvgIpc) is 2.70. The maximum Gasteiger partial charge on any atom is 0.196 e. The molecule has 102 valence electrons. The third kappa shape index (κ3) is 4.00. The normalized spacial score (nSPS) is 19.1. The lowest BCUT2D eigenvalue weighted by Crippen LogP contribution is -2.40. The highest BCUT2D eigenvalue weighted by Gasteiger charge is 2.36. The van der Waals surface area contributed by atoms with Crippen LogP contribution in [0.1, 0.15) is 40.0 Å². The molecule has 0 aromatic heterocycles. The molecule has 0 aromatic rings. The van der Waals surface area contributed by atoms with Gasteiger partial charge in [-0.25, -0.2) is 0 Å². The van der Waals surface area contributed by atoms with Crippen LogP contribution in [0.2, 0.25) is 0 Å². The molecule has 1 saturated heterocycles. The van der Waals surface area contributed by atoms with Gasteiger partial charge in [-0.05, 0) is 31.6 Å². The first-order valence-electron chi connectivity index (χ1n) is 6.55. The van der Waals surface area contributed by atoms with Gasteiger partial charge in [-0.3, -0.25) is 4.99 Å². The van der Waals surface area contributed by atoms with Gasteiger partial charge in [0.2, 0.25) is 0 Å². The van der Waals surface area contributed by atoms with E-state index in [1.165, 1.54) is 32.4 Å². The number of hydrogen-bond acceptors (Lipinski definition) is 1. The van der Waals surface area contributed by atoms with Gasteiger partial charge < -0.3 is 9.80 Å². The lowest BCUT2D eigenvalue weighted by Gasteiger charge is -2.30. The van der Waals surface area contributed by atoms with Crippen LogP contribution in [0.5, 0.6) is 0 Å². The Kier molecular flexibility index (Phi) is 7.44. The summed E-state index contributed by atoms with van der Waals surface area (Å²) in [5.41, 5.74) is 0.532. The first-order chi connectivity index (χ1) is 7.58. The first kappa shape index (κ1) is 17.0. The first-order valence-corrected chi connectivity index (χ1v) is 6.55. The standard InChI is InChI=1S/C13H27N3.HI/c1-6-13(7-2)9-10-16(11-13)12(14-8-3)15(4)5;/h6-11H2,1-5H3;1H. The molecule has 1 heterocycles. The topological polar surface area (TPSA) is 18.8 Å². The molecule has 0 aromatic carbocycles. The predicted molar refractivity (Wildman–Crippen MR) is 86.3 cm³/mol. The molecule has 0 bridgehead atoms. The Bertz CT molecular complexity index is 247. The van der Waals surface area contributed by atoms with E-state index in [2.05, 4.69) is 49.7 Å². The lowest BCUT2D eigenvalue weighted by atomic mass is 9.82. The minimum Gasteiger partial charge on any atom is -0.349 e. The smallest absolute Gasteiger partial charge is 0.196 e. The predicted octanol–water partition coefficient (Wildman–Crippen LogP) is 3.05. The van der Waals surface area contributed by atoms with Crippen LogP contribution in [0.4, 0.5) is 0 Å². The molecule has 1 aliphatic heterocycles. The molecule has 4 heteroatoms. The molecule has 1 aliphatic rings. The van der Waals surface area contributed by atoms with Crippen LogP contribution >= 0.6 is 24.0 Å². The highest BCUT2D eigenvalue weighted by molar-refractivity contribution is 14.0. The molecule has 17 heavy (non-hydrogen) atoms. The van der Waals surface area contributed by atoms with Gasteiger partial charge in [-0.15, -0.1) is 24.0 Å². The second-order valence-corrected chi connectivity index (χ2v) is 5.05. The molecule has 3 nitrogen and oxygen atoms in total. The Morgan fingerprint density at radius 1 is 1.24 bits per heavy atom. The van der Waals surface area contributed by atoms with Crippen molar-refractivity contribution in [3.8, 4) is 0 Å². The fourth-order valence-electron chi connectivity index (χ4n) is 2.60. The second kappa shape index (κ2) is 7.44. The average molecular weight is 353 g/mol. The van der Waals surface area contributed by atoms with E-state index in [1.807, 2.05) is 0 Å². The maximum atomic E-state index is 4.61. The summed E-state index contributed by atoms with van der Waals surface area (Å²) in [5, 5.41) is 0. The Morgan fingerprint density at radius 2 is 1.82 bits per heavy atom. The van der Waals surface area contributed by atoms with Crippen LogP contribution in [0.15, 0.2) is 4.99 Å². The third-order valence-corrected chi connectivity index (χ3v) is 3.92. The number of nitrogens with zero attached hydrogens (tertiary/aromatic N) is 3. The molecule has 0 spiro atoms. The Hall–Kier alpha value is 0. The van der Waals surface area contributed by atoms with E-state index in [4.69, 9.17) is 0 Å². The van der Waals surface area contributed by atoms with Crippen LogP contribution < -0.4 is 0 Å². The van der Waals surface area contributed by atoms with Crippen molar-refractivity contribution in [1.29, 1.82) is 0 Å². The number of aliphatic imine (C=N–C) groups is 1. The highest BCUT2D eigenvalue weighted by atomic mass is 127. The summed E-state index contributed by atoms with van der Waals surface area (Å²) < 4.78 is 0. The van der Waals surface area contributed by atoms with E-state index < -0.39 is 0 Å². The monoisotopic (exact) mass is 353 g/mol. The molecule has 0 N–H and O–H groups in total. The van der Waals surface area contributed by atoms with Crippen molar-refractivity contribution in [2.24, 2.45) is 10.4 Å². The molecule has 0 atom stereocenters. The Labute approximate surface area is 124 Å². The molecule has 0 saturated carbocycles. The van der Waals surface area contributed by atoms with Gasteiger partial charge in [-0.2, -0.15) is 0 Å². The fraction of sp³-hybridized carbons (Fsp3) is 0.923. The molecular weight excluding hydrogens is 325 g/mol. The molecule has 1 fully saturated rings. The third-order valence-electron chi connectivity index (χ3n) is 3.92. The van der Waals surface area contributed by atoms with Crippen LogP contribution in [0.25, 0.3) is 0 Å². The lowest BCUT2D eigenvalue weighted by molar-refractivity contribution is 0.271. The largest absolute Gasteiger partial charge is 0.349 e. The quantitative estimate of drug-likeness (QED) is 0.441. The van der Waals surface area contributed by atoms with Gasteiger partial charge in [0.25, 0.3) is 0 Å². The van der Waals surface area contributed by atoms with Crippen LogP contribution in [0, 0.1) is 5.41 Å². The number of guanidine groups is 1. The van der Waals surface area contributed by atoms with Gasteiger partial charge >= 0.3 is 0 Å². The van der Waals surface area contributed by atoms with Crippen molar-refractivity contribution in [1.82, 2.24) is 9.80 Å². The van der Waals surface area contributed by atoms with E-state index in [0.717, 1.165) is 12.5 Å². The van der Waals surface area contributed by atoms with Crippen molar-refractivity contribution in [2.45, 2.75) is 40.0 Å².